The zero-order valence-corrected chi connectivity index (χ0v) is 17.8. The Labute approximate surface area is 185 Å². The summed E-state index contributed by atoms with van der Waals surface area (Å²) in [5.74, 6) is 0.591. The Bertz CT molecular complexity index is 1260. The van der Waals surface area contributed by atoms with Crippen LogP contribution in [0, 0.1) is 0 Å². The van der Waals surface area contributed by atoms with Crippen LogP contribution < -0.4 is 9.47 Å². The van der Waals surface area contributed by atoms with E-state index >= 15 is 0 Å². The monoisotopic (exact) mass is 430 g/mol. The predicted octanol–water partition coefficient (Wildman–Crippen LogP) is 5.58. The molecule has 0 bridgehead atoms. The zero-order chi connectivity index (χ0) is 22.5. The van der Waals surface area contributed by atoms with Crippen molar-refractivity contribution >= 4 is 22.7 Å². The van der Waals surface area contributed by atoms with Crippen molar-refractivity contribution < 1.29 is 28.2 Å². The van der Waals surface area contributed by atoms with Crippen molar-refractivity contribution in [2.75, 3.05) is 7.11 Å². The van der Waals surface area contributed by atoms with Crippen LogP contribution in [0.25, 0.3) is 11.0 Å². The number of para-hydroxylation sites is 2. The van der Waals surface area contributed by atoms with E-state index in [1.807, 2.05) is 48.5 Å². The van der Waals surface area contributed by atoms with Crippen LogP contribution >= 0.6 is 0 Å². The fraction of sp³-hybridized carbons (Fsp3) is 0.154. The number of Topliss-reactive ketones (excluding diaryl/α,β-unsaturated/α-hetero) is 1. The smallest absolute Gasteiger partial charge is 0.375 e. The number of ketones is 1. The second kappa shape index (κ2) is 9.39. The van der Waals surface area contributed by atoms with Gasteiger partial charge in [0, 0.05) is 16.5 Å². The van der Waals surface area contributed by atoms with E-state index < -0.39 is 5.97 Å². The number of hydrogen-bond acceptors (Lipinski definition) is 6. The van der Waals surface area contributed by atoms with Crippen LogP contribution in [0.3, 0.4) is 0 Å². The lowest BCUT2D eigenvalue weighted by Crippen LogP contribution is -2.09. The van der Waals surface area contributed by atoms with Crippen LogP contribution in [0.2, 0.25) is 0 Å². The standard InChI is InChI=1S/C26H22O6/c1-17(27)18-12-13-23(29-2)19(14-18)15-31-26(28)25-22(16-30-20-8-4-3-5-9-20)21-10-6-7-11-24(21)32-25/h3-14H,15-16H2,1-2H3. The van der Waals surface area contributed by atoms with Crippen molar-refractivity contribution in [3.63, 3.8) is 0 Å². The number of furan rings is 1. The second-order valence-electron chi connectivity index (χ2n) is 7.17. The third-order valence-corrected chi connectivity index (χ3v) is 5.06. The first kappa shape index (κ1) is 21.2. The van der Waals surface area contributed by atoms with E-state index in [4.69, 9.17) is 18.6 Å². The molecule has 0 saturated carbocycles. The minimum absolute atomic E-state index is 0.0703. The Morgan fingerprint density at radius 1 is 0.906 bits per heavy atom. The molecule has 0 aliphatic carbocycles. The molecule has 0 radical (unpaired) electrons. The Kier molecular flexibility index (Phi) is 6.22. The van der Waals surface area contributed by atoms with Crippen LogP contribution in [0.5, 0.6) is 11.5 Å². The van der Waals surface area contributed by atoms with Gasteiger partial charge in [0.15, 0.2) is 5.78 Å². The van der Waals surface area contributed by atoms with E-state index in [1.165, 1.54) is 14.0 Å². The number of carbonyl (C=O) groups excluding carboxylic acids is 2. The van der Waals surface area contributed by atoms with E-state index in [9.17, 15) is 9.59 Å². The second-order valence-corrected chi connectivity index (χ2v) is 7.17. The molecule has 162 valence electrons. The van der Waals surface area contributed by atoms with Crippen LogP contribution in [0.4, 0.5) is 0 Å². The van der Waals surface area contributed by atoms with Gasteiger partial charge in [-0.3, -0.25) is 4.79 Å². The molecular formula is C26H22O6. The fourth-order valence-corrected chi connectivity index (χ4v) is 3.40. The number of benzene rings is 3. The summed E-state index contributed by atoms with van der Waals surface area (Å²) >= 11 is 0. The molecule has 32 heavy (non-hydrogen) atoms. The number of carbonyl (C=O) groups is 2. The highest BCUT2D eigenvalue weighted by Gasteiger charge is 2.23. The van der Waals surface area contributed by atoms with Crippen molar-refractivity contribution in [1.82, 2.24) is 0 Å². The van der Waals surface area contributed by atoms with Crippen molar-refractivity contribution in [1.29, 1.82) is 0 Å². The lowest BCUT2D eigenvalue weighted by atomic mass is 10.1. The molecule has 0 fully saturated rings. The Hall–Kier alpha value is -4.06. The van der Waals surface area contributed by atoms with Crippen molar-refractivity contribution in [3.8, 4) is 11.5 Å². The van der Waals surface area contributed by atoms with Gasteiger partial charge in [-0.25, -0.2) is 4.79 Å². The van der Waals surface area contributed by atoms with Gasteiger partial charge in [0.1, 0.15) is 30.3 Å². The van der Waals surface area contributed by atoms with Crippen LogP contribution in [0.15, 0.2) is 77.2 Å². The van der Waals surface area contributed by atoms with Gasteiger partial charge in [0.25, 0.3) is 0 Å². The third kappa shape index (κ3) is 4.49. The summed E-state index contributed by atoms with van der Waals surface area (Å²) < 4.78 is 22.5. The lowest BCUT2D eigenvalue weighted by Gasteiger charge is -2.11. The van der Waals surface area contributed by atoms with Gasteiger partial charge in [-0.15, -0.1) is 0 Å². The highest BCUT2D eigenvalue weighted by molar-refractivity contribution is 5.96. The summed E-state index contributed by atoms with van der Waals surface area (Å²) in [5, 5.41) is 0.784. The predicted molar refractivity (Wildman–Crippen MR) is 119 cm³/mol. The molecule has 1 heterocycles. The van der Waals surface area contributed by atoms with Gasteiger partial charge < -0.3 is 18.6 Å². The summed E-state index contributed by atoms with van der Waals surface area (Å²) in [6.45, 7) is 1.55. The van der Waals surface area contributed by atoms with Gasteiger partial charge in [-0.1, -0.05) is 36.4 Å². The maximum atomic E-state index is 13.0. The van der Waals surface area contributed by atoms with Gasteiger partial charge in [-0.05, 0) is 43.3 Å². The fourth-order valence-electron chi connectivity index (χ4n) is 3.40. The van der Waals surface area contributed by atoms with Gasteiger partial charge in [0.05, 0.1) is 12.7 Å². The number of ether oxygens (including phenoxy) is 3. The van der Waals surface area contributed by atoms with E-state index in [0.717, 1.165) is 5.39 Å². The topological polar surface area (TPSA) is 75.0 Å². The van der Waals surface area contributed by atoms with Crippen LogP contribution in [-0.4, -0.2) is 18.9 Å². The van der Waals surface area contributed by atoms with Crippen molar-refractivity contribution in [3.05, 3.63) is 95.2 Å². The number of fused-ring (bicyclic) bond motifs is 1. The average molecular weight is 430 g/mol. The molecule has 0 spiro atoms. The first-order chi connectivity index (χ1) is 15.6. The molecule has 0 amide bonds. The highest BCUT2D eigenvalue weighted by atomic mass is 16.5. The molecule has 0 aliphatic heterocycles. The van der Waals surface area contributed by atoms with Gasteiger partial charge in [-0.2, -0.15) is 0 Å². The van der Waals surface area contributed by atoms with Crippen LogP contribution in [0.1, 0.15) is 39.0 Å². The number of esters is 1. The quantitative estimate of drug-likeness (QED) is 0.268. The number of hydrogen-bond donors (Lipinski definition) is 0. The Balaban J connectivity index is 1.58. The molecule has 0 N–H and O–H groups in total. The Morgan fingerprint density at radius 3 is 2.41 bits per heavy atom. The van der Waals surface area contributed by atoms with E-state index in [0.29, 0.717) is 33.8 Å². The molecule has 1 aromatic heterocycles. The molecule has 0 unspecified atom stereocenters. The molecular weight excluding hydrogens is 408 g/mol. The van der Waals surface area contributed by atoms with Crippen molar-refractivity contribution in [2.24, 2.45) is 0 Å². The Morgan fingerprint density at radius 2 is 1.66 bits per heavy atom. The number of rotatable bonds is 8. The molecule has 4 aromatic rings. The summed E-state index contributed by atoms with van der Waals surface area (Å²) in [7, 11) is 1.52. The van der Waals surface area contributed by atoms with Gasteiger partial charge >= 0.3 is 5.97 Å². The first-order valence-electron chi connectivity index (χ1n) is 10.1. The zero-order valence-electron chi connectivity index (χ0n) is 17.8. The molecule has 4 rings (SSSR count). The lowest BCUT2D eigenvalue weighted by molar-refractivity contribution is 0.0432. The first-order valence-corrected chi connectivity index (χ1v) is 10.1. The van der Waals surface area contributed by atoms with Gasteiger partial charge in [0.2, 0.25) is 5.76 Å². The van der Waals surface area contributed by atoms with E-state index in [2.05, 4.69) is 0 Å². The normalized spacial score (nSPS) is 10.7. The summed E-state index contributed by atoms with van der Waals surface area (Å²) in [6.07, 6.45) is 0. The molecule has 0 atom stereocenters. The molecule has 0 aliphatic rings. The molecule has 6 heteroatoms. The van der Waals surface area contributed by atoms with E-state index in [1.54, 1.807) is 24.3 Å². The molecule has 3 aromatic carbocycles. The SMILES string of the molecule is COc1ccc(C(C)=O)cc1COC(=O)c1oc2ccccc2c1COc1ccccc1. The summed E-state index contributed by atoms with van der Waals surface area (Å²) in [4.78, 5) is 24.7. The maximum Gasteiger partial charge on any atom is 0.375 e. The molecule has 0 saturated heterocycles. The van der Waals surface area contributed by atoms with Crippen LogP contribution in [-0.2, 0) is 18.0 Å². The third-order valence-electron chi connectivity index (χ3n) is 5.06. The maximum absolute atomic E-state index is 13.0. The minimum Gasteiger partial charge on any atom is -0.496 e. The minimum atomic E-state index is -0.622. The largest absolute Gasteiger partial charge is 0.496 e. The number of methoxy groups -OCH3 is 1. The van der Waals surface area contributed by atoms with E-state index in [-0.39, 0.29) is 24.8 Å². The molecule has 6 nitrogen and oxygen atoms in total. The van der Waals surface area contributed by atoms with Crippen molar-refractivity contribution in [2.45, 2.75) is 20.1 Å². The summed E-state index contributed by atoms with van der Waals surface area (Å²) in [6, 6.07) is 21.7. The average Bonchev–Trinajstić information content (AvgIpc) is 3.20. The summed E-state index contributed by atoms with van der Waals surface area (Å²) in [5.41, 5.74) is 2.28. The highest BCUT2D eigenvalue weighted by Crippen LogP contribution is 2.29.